The van der Waals surface area contributed by atoms with Crippen molar-refractivity contribution in [3.8, 4) is 16.8 Å². The van der Waals surface area contributed by atoms with Crippen LogP contribution in [0.5, 0.6) is 0 Å². The summed E-state index contributed by atoms with van der Waals surface area (Å²) in [6.45, 7) is 6.99. The molecule has 1 aliphatic rings. The predicted molar refractivity (Wildman–Crippen MR) is 128 cm³/mol. The molecule has 0 saturated heterocycles. The molecular weight excluding hydrogens is 443 g/mol. The number of aromatic nitrogens is 4. The normalized spacial score (nSPS) is 13.8. The van der Waals surface area contributed by atoms with Crippen molar-refractivity contribution in [2.75, 3.05) is 26.2 Å². The molecule has 1 aliphatic heterocycles. The topological polar surface area (TPSA) is 56.9 Å². The lowest BCUT2D eigenvalue weighted by atomic mass is 9.92. The van der Waals surface area contributed by atoms with E-state index in [9.17, 15) is 13.2 Å². The van der Waals surface area contributed by atoms with Gasteiger partial charge in [0.05, 0.1) is 36.3 Å². The van der Waals surface area contributed by atoms with Crippen LogP contribution in [0.3, 0.4) is 0 Å². The average molecular weight is 472 g/mol. The van der Waals surface area contributed by atoms with Crippen LogP contribution in [-0.2, 0) is 16.8 Å². The lowest BCUT2D eigenvalue weighted by molar-refractivity contribution is 0.151. The molecule has 0 unspecified atom stereocenters. The van der Waals surface area contributed by atoms with Crippen molar-refractivity contribution in [3.63, 3.8) is 0 Å². The van der Waals surface area contributed by atoms with Crippen molar-refractivity contribution in [1.82, 2.24) is 19.3 Å². The van der Waals surface area contributed by atoms with Gasteiger partial charge in [0.2, 0.25) is 0 Å². The number of halogens is 3. The van der Waals surface area contributed by atoms with Crippen molar-refractivity contribution in [3.05, 3.63) is 59.8 Å². The minimum absolute atomic E-state index is 0.0215. The summed E-state index contributed by atoms with van der Waals surface area (Å²) < 4.78 is 47.9. The summed E-state index contributed by atoms with van der Waals surface area (Å²) in [5.74, 6) is 1.20. The molecule has 0 aliphatic carbocycles. The Morgan fingerprint density at radius 3 is 2.53 bits per heavy atom. The van der Waals surface area contributed by atoms with Crippen LogP contribution in [0.15, 0.2) is 42.6 Å². The maximum absolute atomic E-state index is 14.7. The number of rotatable bonds is 5. The standard InChI is InChI=1S/C24H25F2N5O.CH3F/c1-14-28-29-23-24(2,3)27-18-9-8-17(20(22(25)26)21(18)31(14)23)15-6-5-7-19-16(15)10-11-30(19)12-13-32-4;1-2/h5-11,22,27H,12-13H2,1-4H3;1H3. The van der Waals surface area contributed by atoms with Crippen molar-refractivity contribution < 1.29 is 17.9 Å². The molecule has 0 spiro atoms. The first-order valence-corrected chi connectivity index (χ1v) is 10.9. The quantitative estimate of drug-likeness (QED) is 0.386. The van der Waals surface area contributed by atoms with Crippen LogP contribution >= 0.6 is 0 Å². The first-order valence-electron chi connectivity index (χ1n) is 10.9. The Hall–Kier alpha value is -3.33. The van der Waals surface area contributed by atoms with Gasteiger partial charge in [-0.3, -0.25) is 8.96 Å². The lowest BCUT2D eigenvalue weighted by Crippen LogP contribution is -2.36. The molecule has 1 N–H and O–H groups in total. The van der Waals surface area contributed by atoms with Gasteiger partial charge in [0.25, 0.3) is 6.43 Å². The number of ether oxygens (including phenoxy) is 1. The number of nitrogens with zero attached hydrogens (tertiary/aromatic N) is 4. The zero-order valence-electron chi connectivity index (χ0n) is 19.9. The molecule has 0 amide bonds. The Labute approximate surface area is 196 Å². The average Bonchev–Trinajstić information content (AvgIpc) is 3.42. The van der Waals surface area contributed by atoms with E-state index in [1.54, 1.807) is 24.7 Å². The lowest BCUT2D eigenvalue weighted by Gasteiger charge is -2.35. The third-order valence-corrected chi connectivity index (χ3v) is 6.13. The Morgan fingerprint density at radius 1 is 1.06 bits per heavy atom. The summed E-state index contributed by atoms with van der Waals surface area (Å²) in [4.78, 5) is 0. The van der Waals surface area contributed by atoms with Crippen molar-refractivity contribution >= 4 is 16.6 Å². The maximum atomic E-state index is 14.7. The molecular formula is C25H28F3N5O. The van der Waals surface area contributed by atoms with Gasteiger partial charge < -0.3 is 14.6 Å². The van der Waals surface area contributed by atoms with Gasteiger partial charge in [-0.1, -0.05) is 18.2 Å². The highest BCUT2D eigenvalue weighted by atomic mass is 19.3. The van der Waals surface area contributed by atoms with Gasteiger partial charge in [0, 0.05) is 30.8 Å². The molecule has 5 rings (SSSR count). The number of anilines is 1. The van der Waals surface area contributed by atoms with Gasteiger partial charge in [-0.2, -0.15) is 0 Å². The molecule has 4 aromatic rings. The maximum Gasteiger partial charge on any atom is 0.266 e. The fraction of sp³-hybridized carbons (Fsp3) is 0.360. The van der Waals surface area contributed by atoms with Gasteiger partial charge in [0.15, 0.2) is 5.82 Å². The second kappa shape index (κ2) is 9.13. The molecule has 0 fully saturated rings. The number of benzene rings is 2. The minimum atomic E-state index is -2.68. The van der Waals surface area contributed by atoms with E-state index in [0.29, 0.717) is 48.9 Å². The molecule has 2 aromatic heterocycles. The van der Waals surface area contributed by atoms with Gasteiger partial charge in [-0.05, 0) is 50.1 Å². The first kappa shape index (κ1) is 23.8. The molecule has 0 atom stereocenters. The van der Waals surface area contributed by atoms with Crippen LogP contribution in [0.4, 0.5) is 18.9 Å². The van der Waals surface area contributed by atoms with Crippen LogP contribution in [-0.4, -0.2) is 40.2 Å². The van der Waals surface area contributed by atoms with Crippen LogP contribution in [0.2, 0.25) is 0 Å². The van der Waals surface area contributed by atoms with Crippen LogP contribution in [0.25, 0.3) is 27.7 Å². The number of hydrogen-bond acceptors (Lipinski definition) is 4. The van der Waals surface area contributed by atoms with Crippen molar-refractivity contribution in [1.29, 1.82) is 0 Å². The highest BCUT2D eigenvalue weighted by Gasteiger charge is 2.37. The Kier molecular flexibility index (Phi) is 6.40. The Morgan fingerprint density at radius 2 is 1.82 bits per heavy atom. The number of nitrogens with one attached hydrogen (secondary N) is 1. The Balaban J connectivity index is 0.00000133. The Bertz CT molecular complexity index is 1330. The minimum Gasteiger partial charge on any atom is -0.383 e. The van der Waals surface area contributed by atoms with E-state index in [2.05, 4.69) is 20.1 Å². The fourth-order valence-electron chi connectivity index (χ4n) is 4.68. The van der Waals surface area contributed by atoms with E-state index < -0.39 is 12.0 Å². The van der Waals surface area contributed by atoms with Crippen molar-refractivity contribution in [2.24, 2.45) is 0 Å². The predicted octanol–water partition coefficient (Wildman–Crippen LogP) is 6.03. The SMILES string of the molecule is CF.COCCn1ccc2c(-c3ccc4c(c3C(F)F)-n3c(C)nnc3C(C)(C)N4)cccc21. The summed E-state index contributed by atoms with van der Waals surface area (Å²) in [7, 11) is 2.16. The summed E-state index contributed by atoms with van der Waals surface area (Å²) in [6, 6.07) is 11.5. The van der Waals surface area contributed by atoms with E-state index in [4.69, 9.17) is 4.74 Å². The molecule has 2 aromatic carbocycles. The van der Waals surface area contributed by atoms with Crippen LogP contribution < -0.4 is 5.32 Å². The van der Waals surface area contributed by atoms with Gasteiger partial charge >= 0.3 is 0 Å². The number of fused-ring (bicyclic) bond motifs is 4. The molecule has 0 radical (unpaired) electrons. The molecule has 0 bridgehead atoms. The second-order valence-corrected chi connectivity index (χ2v) is 8.62. The highest BCUT2D eigenvalue weighted by Crippen LogP contribution is 2.46. The molecule has 0 saturated carbocycles. The molecule has 9 heteroatoms. The van der Waals surface area contributed by atoms with E-state index in [1.165, 1.54) is 0 Å². The molecule has 3 heterocycles. The van der Waals surface area contributed by atoms with E-state index in [-0.39, 0.29) is 5.56 Å². The summed E-state index contributed by atoms with van der Waals surface area (Å²) >= 11 is 0. The monoisotopic (exact) mass is 471 g/mol. The van der Waals surface area contributed by atoms with Gasteiger partial charge in [-0.25, -0.2) is 8.78 Å². The second-order valence-electron chi connectivity index (χ2n) is 8.62. The summed E-state index contributed by atoms with van der Waals surface area (Å²) in [5, 5.41) is 12.8. The van der Waals surface area contributed by atoms with Crippen LogP contribution in [0.1, 0.15) is 37.5 Å². The van der Waals surface area contributed by atoms with Crippen molar-refractivity contribution in [2.45, 2.75) is 39.3 Å². The molecule has 34 heavy (non-hydrogen) atoms. The number of aryl methyl sites for hydroxylation is 1. The fourth-order valence-corrected chi connectivity index (χ4v) is 4.68. The largest absolute Gasteiger partial charge is 0.383 e. The van der Waals surface area contributed by atoms with E-state index in [1.807, 2.05) is 50.4 Å². The zero-order valence-corrected chi connectivity index (χ0v) is 19.9. The third kappa shape index (κ3) is 3.73. The summed E-state index contributed by atoms with van der Waals surface area (Å²) in [5.41, 5.74) is 2.78. The van der Waals surface area contributed by atoms with Gasteiger partial charge in [-0.15, -0.1) is 10.2 Å². The zero-order chi connectivity index (χ0) is 24.6. The number of alkyl halides is 3. The van der Waals surface area contributed by atoms with E-state index in [0.717, 1.165) is 16.5 Å². The van der Waals surface area contributed by atoms with E-state index >= 15 is 0 Å². The highest BCUT2D eigenvalue weighted by molar-refractivity contribution is 5.97. The first-order chi connectivity index (χ1) is 16.3. The molecule has 180 valence electrons. The number of hydrogen-bond donors (Lipinski definition) is 1. The summed E-state index contributed by atoms with van der Waals surface area (Å²) in [6.07, 6.45) is -0.705. The molecule has 6 nitrogen and oxygen atoms in total. The van der Waals surface area contributed by atoms with Gasteiger partial charge in [0.1, 0.15) is 5.82 Å². The number of methoxy groups -OCH3 is 1. The third-order valence-electron chi connectivity index (χ3n) is 6.13. The smallest absolute Gasteiger partial charge is 0.266 e. The van der Waals surface area contributed by atoms with Crippen LogP contribution in [0, 0.1) is 6.92 Å².